The molecule has 21 heavy (non-hydrogen) atoms. The van der Waals surface area contributed by atoms with Crippen LogP contribution < -0.4 is 0 Å². The van der Waals surface area contributed by atoms with E-state index in [-0.39, 0.29) is 5.91 Å². The Hall–Kier alpha value is -2.09. The highest BCUT2D eigenvalue weighted by Crippen LogP contribution is 2.24. The van der Waals surface area contributed by atoms with Gasteiger partial charge in [-0.1, -0.05) is 55.3 Å². The second-order valence-electron chi connectivity index (χ2n) is 5.80. The monoisotopic (exact) mass is 279 g/mol. The number of carbonyl (C=O) groups excluding carboxylic acids is 1. The molecule has 0 bridgehead atoms. The van der Waals surface area contributed by atoms with E-state index < -0.39 is 0 Å². The highest BCUT2D eigenvalue weighted by Gasteiger charge is 2.24. The molecule has 1 fully saturated rings. The Kier molecular flexibility index (Phi) is 4.05. The van der Waals surface area contributed by atoms with Crippen molar-refractivity contribution in [3.63, 3.8) is 0 Å². The van der Waals surface area contributed by atoms with Gasteiger partial charge in [0, 0.05) is 18.7 Å². The first-order valence-corrected chi connectivity index (χ1v) is 7.68. The first-order valence-electron chi connectivity index (χ1n) is 7.68. The van der Waals surface area contributed by atoms with Gasteiger partial charge in [0.25, 0.3) is 5.91 Å². The first-order chi connectivity index (χ1) is 10.3. The number of amides is 1. The van der Waals surface area contributed by atoms with Crippen LogP contribution >= 0.6 is 0 Å². The van der Waals surface area contributed by atoms with E-state index in [0.29, 0.717) is 6.04 Å². The summed E-state index contributed by atoms with van der Waals surface area (Å²) in [5, 5.41) is 0. The molecule has 108 valence electrons. The van der Waals surface area contributed by atoms with Crippen LogP contribution in [0.2, 0.25) is 0 Å². The molecule has 3 rings (SSSR count). The van der Waals surface area contributed by atoms with Crippen LogP contribution in [0.1, 0.15) is 36.0 Å². The molecule has 2 aromatic carbocycles. The number of carbonyl (C=O) groups is 1. The Morgan fingerprint density at radius 3 is 2.10 bits per heavy atom. The number of rotatable bonds is 3. The zero-order chi connectivity index (χ0) is 14.7. The summed E-state index contributed by atoms with van der Waals surface area (Å²) in [6, 6.07) is 18.6. The average molecular weight is 279 g/mol. The van der Waals surface area contributed by atoms with E-state index in [2.05, 4.69) is 12.1 Å². The van der Waals surface area contributed by atoms with Crippen LogP contribution in [0.25, 0.3) is 11.1 Å². The van der Waals surface area contributed by atoms with Crippen molar-refractivity contribution in [1.82, 2.24) is 4.90 Å². The van der Waals surface area contributed by atoms with Gasteiger partial charge in [-0.25, -0.2) is 0 Å². The largest absolute Gasteiger partial charge is 0.339 e. The highest BCUT2D eigenvalue weighted by molar-refractivity contribution is 5.94. The van der Waals surface area contributed by atoms with Crippen LogP contribution in [-0.2, 0) is 0 Å². The molecule has 0 saturated heterocycles. The minimum absolute atomic E-state index is 0.140. The molecule has 1 saturated carbocycles. The minimum Gasteiger partial charge on any atom is -0.339 e. The number of nitrogens with zero attached hydrogens (tertiary/aromatic N) is 1. The van der Waals surface area contributed by atoms with E-state index in [0.717, 1.165) is 24.0 Å². The number of hydrogen-bond donors (Lipinski definition) is 0. The molecule has 0 N–H and O–H groups in total. The third-order valence-corrected chi connectivity index (χ3v) is 4.43. The van der Waals surface area contributed by atoms with Crippen LogP contribution in [-0.4, -0.2) is 23.9 Å². The average Bonchev–Trinajstić information content (AvgIpc) is 3.09. The Balaban J connectivity index is 1.76. The molecule has 0 atom stereocenters. The van der Waals surface area contributed by atoms with Crippen molar-refractivity contribution in [2.45, 2.75) is 31.7 Å². The maximum Gasteiger partial charge on any atom is 0.253 e. The summed E-state index contributed by atoms with van der Waals surface area (Å²) < 4.78 is 0. The lowest BCUT2D eigenvalue weighted by Crippen LogP contribution is -2.35. The zero-order valence-corrected chi connectivity index (χ0v) is 12.5. The molecule has 2 nitrogen and oxygen atoms in total. The van der Waals surface area contributed by atoms with E-state index in [1.807, 2.05) is 54.4 Å². The van der Waals surface area contributed by atoms with Gasteiger partial charge in [0.1, 0.15) is 0 Å². The summed E-state index contributed by atoms with van der Waals surface area (Å²) in [4.78, 5) is 14.4. The molecule has 1 amide bonds. The molecule has 1 aliphatic carbocycles. The first kappa shape index (κ1) is 13.9. The van der Waals surface area contributed by atoms with Gasteiger partial charge in [-0.2, -0.15) is 0 Å². The van der Waals surface area contributed by atoms with Crippen molar-refractivity contribution in [2.75, 3.05) is 7.05 Å². The van der Waals surface area contributed by atoms with Gasteiger partial charge < -0.3 is 4.90 Å². The van der Waals surface area contributed by atoms with Crippen molar-refractivity contribution in [3.05, 3.63) is 60.2 Å². The van der Waals surface area contributed by atoms with Crippen LogP contribution in [0.3, 0.4) is 0 Å². The van der Waals surface area contributed by atoms with E-state index in [1.54, 1.807) is 0 Å². The molecule has 0 unspecified atom stereocenters. The minimum atomic E-state index is 0.140. The van der Waals surface area contributed by atoms with Crippen molar-refractivity contribution in [2.24, 2.45) is 0 Å². The summed E-state index contributed by atoms with van der Waals surface area (Å²) >= 11 is 0. The second-order valence-corrected chi connectivity index (χ2v) is 5.80. The van der Waals surface area contributed by atoms with Crippen LogP contribution in [0.4, 0.5) is 0 Å². The standard InChI is InChI=1S/C19H21NO/c1-20(18-9-5-6-10-18)19(21)17-13-11-16(12-14-17)15-7-3-2-4-8-15/h2-4,7-8,11-14,18H,5-6,9-10H2,1H3. The summed E-state index contributed by atoms with van der Waals surface area (Å²) in [6.45, 7) is 0. The SMILES string of the molecule is CN(C(=O)c1ccc(-c2ccccc2)cc1)C1CCCC1. The van der Waals surface area contributed by atoms with Gasteiger partial charge in [0.2, 0.25) is 0 Å². The maximum absolute atomic E-state index is 12.5. The van der Waals surface area contributed by atoms with E-state index in [9.17, 15) is 4.79 Å². The highest BCUT2D eigenvalue weighted by atomic mass is 16.2. The quantitative estimate of drug-likeness (QED) is 0.817. The predicted octanol–water partition coefficient (Wildman–Crippen LogP) is 4.37. The predicted molar refractivity (Wildman–Crippen MR) is 86.2 cm³/mol. The normalized spacial score (nSPS) is 15.1. The summed E-state index contributed by atoms with van der Waals surface area (Å²) in [6.07, 6.45) is 4.78. The third kappa shape index (κ3) is 2.99. The molecule has 1 aliphatic rings. The second kappa shape index (κ2) is 6.13. The fraction of sp³-hybridized carbons (Fsp3) is 0.316. The third-order valence-electron chi connectivity index (χ3n) is 4.43. The van der Waals surface area contributed by atoms with Crippen LogP contribution in [0.5, 0.6) is 0 Å². The van der Waals surface area contributed by atoms with Gasteiger partial charge in [0.15, 0.2) is 0 Å². The van der Waals surface area contributed by atoms with E-state index in [4.69, 9.17) is 0 Å². The lowest BCUT2D eigenvalue weighted by molar-refractivity contribution is 0.0735. The van der Waals surface area contributed by atoms with Crippen molar-refractivity contribution in [1.29, 1.82) is 0 Å². The molecule has 0 spiro atoms. The molecule has 0 radical (unpaired) electrons. The maximum atomic E-state index is 12.5. The lowest BCUT2D eigenvalue weighted by Gasteiger charge is -2.24. The summed E-state index contributed by atoms with van der Waals surface area (Å²) in [5.74, 6) is 0.140. The van der Waals surface area contributed by atoms with Gasteiger partial charge in [-0.05, 0) is 36.1 Å². The Morgan fingerprint density at radius 1 is 0.905 bits per heavy atom. The lowest BCUT2D eigenvalue weighted by atomic mass is 10.0. The van der Waals surface area contributed by atoms with Crippen LogP contribution in [0, 0.1) is 0 Å². The number of hydrogen-bond acceptors (Lipinski definition) is 1. The fourth-order valence-corrected chi connectivity index (χ4v) is 3.10. The Bertz CT molecular complexity index is 597. The fourth-order valence-electron chi connectivity index (χ4n) is 3.10. The molecule has 2 aromatic rings. The number of benzene rings is 2. The van der Waals surface area contributed by atoms with Crippen molar-refractivity contribution in [3.8, 4) is 11.1 Å². The van der Waals surface area contributed by atoms with Gasteiger partial charge in [-0.3, -0.25) is 4.79 Å². The zero-order valence-electron chi connectivity index (χ0n) is 12.5. The van der Waals surface area contributed by atoms with Crippen molar-refractivity contribution >= 4 is 5.91 Å². The summed E-state index contributed by atoms with van der Waals surface area (Å²) in [7, 11) is 1.93. The van der Waals surface area contributed by atoms with Gasteiger partial charge >= 0.3 is 0 Å². The molecular weight excluding hydrogens is 258 g/mol. The molecular formula is C19H21NO. The van der Waals surface area contributed by atoms with E-state index in [1.165, 1.54) is 18.4 Å². The molecule has 2 heteroatoms. The smallest absolute Gasteiger partial charge is 0.253 e. The topological polar surface area (TPSA) is 20.3 Å². The van der Waals surface area contributed by atoms with Crippen molar-refractivity contribution < 1.29 is 4.79 Å². The Labute approximate surface area is 126 Å². The van der Waals surface area contributed by atoms with E-state index >= 15 is 0 Å². The van der Waals surface area contributed by atoms with Gasteiger partial charge in [0.05, 0.1) is 0 Å². The van der Waals surface area contributed by atoms with Gasteiger partial charge in [-0.15, -0.1) is 0 Å². The van der Waals surface area contributed by atoms with Crippen LogP contribution in [0.15, 0.2) is 54.6 Å². The molecule has 0 aromatic heterocycles. The molecule has 0 aliphatic heterocycles. The molecule has 0 heterocycles. The Morgan fingerprint density at radius 2 is 1.48 bits per heavy atom. The summed E-state index contributed by atoms with van der Waals surface area (Å²) in [5.41, 5.74) is 3.11.